The molecule has 1 saturated heterocycles. The van der Waals surface area contributed by atoms with Crippen molar-refractivity contribution in [1.82, 2.24) is 10.2 Å². The number of hydrogen-bond donors (Lipinski definition) is 1. The number of ether oxygens (including phenoxy) is 1. The molecule has 1 aromatic rings. The molecule has 0 unspecified atom stereocenters. The highest BCUT2D eigenvalue weighted by atomic mass is 19.1. The first-order valence-electron chi connectivity index (χ1n) is 5.56. The van der Waals surface area contributed by atoms with Crippen LogP contribution in [0.3, 0.4) is 0 Å². The van der Waals surface area contributed by atoms with E-state index in [0.717, 1.165) is 13.1 Å². The molecule has 0 saturated carbocycles. The van der Waals surface area contributed by atoms with Gasteiger partial charge in [0.05, 0.1) is 12.7 Å². The van der Waals surface area contributed by atoms with Crippen molar-refractivity contribution in [3.05, 3.63) is 29.6 Å². The summed E-state index contributed by atoms with van der Waals surface area (Å²) in [6, 6.07) is 3.99. The van der Waals surface area contributed by atoms with Gasteiger partial charge in [-0.2, -0.15) is 0 Å². The Morgan fingerprint density at radius 2 is 2.12 bits per heavy atom. The smallest absolute Gasteiger partial charge is 0.257 e. The van der Waals surface area contributed by atoms with Crippen molar-refractivity contribution in [2.24, 2.45) is 0 Å². The van der Waals surface area contributed by atoms with E-state index in [9.17, 15) is 9.18 Å². The van der Waals surface area contributed by atoms with Crippen molar-refractivity contribution in [3.8, 4) is 5.75 Å². The molecule has 0 radical (unpaired) electrons. The maximum Gasteiger partial charge on any atom is 0.257 e. The maximum atomic E-state index is 13.2. The summed E-state index contributed by atoms with van der Waals surface area (Å²) in [6.07, 6.45) is 0. The lowest BCUT2D eigenvalue weighted by Gasteiger charge is -2.27. The van der Waals surface area contributed by atoms with Gasteiger partial charge in [0.2, 0.25) is 0 Å². The minimum atomic E-state index is -0.427. The van der Waals surface area contributed by atoms with E-state index >= 15 is 0 Å². The predicted molar refractivity (Wildman–Crippen MR) is 61.7 cm³/mol. The van der Waals surface area contributed by atoms with E-state index in [4.69, 9.17) is 4.74 Å². The van der Waals surface area contributed by atoms with Crippen LogP contribution in [-0.2, 0) is 0 Å². The Morgan fingerprint density at radius 3 is 2.76 bits per heavy atom. The number of methoxy groups -OCH3 is 1. The van der Waals surface area contributed by atoms with Crippen LogP contribution in [-0.4, -0.2) is 44.1 Å². The van der Waals surface area contributed by atoms with Crippen LogP contribution < -0.4 is 10.1 Å². The number of carbonyl (C=O) groups excluding carboxylic acids is 1. The number of halogens is 1. The second kappa shape index (κ2) is 5.14. The van der Waals surface area contributed by atoms with Gasteiger partial charge < -0.3 is 15.0 Å². The Hall–Kier alpha value is -1.62. The number of hydrogen-bond acceptors (Lipinski definition) is 3. The molecular formula is C12H15FN2O2. The van der Waals surface area contributed by atoms with Gasteiger partial charge in [-0.25, -0.2) is 4.39 Å². The van der Waals surface area contributed by atoms with Crippen LogP contribution in [0.15, 0.2) is 18.2 Å². The molecule has 1 aliphatic rings. The fourth-order valence-corrected chi connectivity index (χ4v) is 1.89. The molecule has 1 aliphatic heterocycles. The lowest BCUT2D eigenvalue weighted by Crippen LogP contribution is -2.46. The predicted octanol–water partition coefficient (Wildman–Crippen LogP) is 0.880. The van der Waals surface area contributed by atoms with E-state index in [-0.39, 0.29) is 11.5 Å². The number of nitrogens with zero attached hydrogens (tertiary/aromatic N) is 1. The van der Waals surface area contributed by atoms with E-state index < -0.39 is 5.82 Å². The largest absolute Gasteiger partial charge is 0.496 e. The molecule has 5 heteroatoms. The maximum absolute atomic E-state index is 13.2. The number of carbonyl (C=O) groups is 1. The molecule has 92 valence electrons. The summed E-state index contributed by atoms with van der Waals surface area (Å²) in [5, 5.41) is 3.16. The molecule has 1 fully saturated rings. The molecule has 1 aromatic carbocycles. The molecule has 4 nitrogen and oxygen atoms in total. The van der Waals surface area contributed by atoms with E-state index in [1.165, 1.54) is 25.3 Å². The third-order valence-electron chi connectivity index (χ3n) is 2.80. The van der Waals surface area contributed by atoms with Crippen molar-refractivity contribution in [2.75, 3.05) is 33.3 Å². The highest BCUT2D eigenvalue weighted by Gasteiger charge is 2.21. The highest BCUT2D eigenvalue weighted by Crippen LogP contribution is 2.21. The minimum Gasteiger partial charge on any atom is -0.496 e. The highest BCUT2D eigenvalue weighted by molar-refractivity contribution is 5.97. The van der Waals surface area contributed by atoms with Crippen LogP contribution >= 0.6 is 0 Å². The van der Waals surface area contributed by atoms with Crippen molar-refractivity contribution >= 4 is 5.91 Å². The summed E-state index contributed by atoms with van der Waals surface area (Å²) in [4.78, 5) is 13.9. The Bertz CT molecular complexity index is 417. The Balaban J connectivity index is 2.25. The van der Waals surface area contributed by atoms with Gasteiger partial charge in [-0.3, -0.25) is 4.79 Å². The molecule has 17 heavy (non-hydrogen) atoms. The lowest BCUT2D eigenvalue weighted by atomic mass is 10.1. The monoisotopic (exact) mass is 238 g/mol. The van der Waals surface area contributed by atoms with Crippen molar-refractivity contribution in [3.63, 3.8) is 0 Å². The lowest BCUT2D eigenvalue weighted by molar-refractivity contribution is 0.0732. The normalized spacial score (nSPS) is 15.8. The van der Waals surface area contributed by atoms with Crippen LogP contribution in [0.1, 0.15) is 10.4 Å². The van der Waals surface area contributed by atoms with Gasteiger partial charge in [-0.1, -0.05) is 0 Å². The van der Waals surface area contributed by atoms with Crippen molar-refractivity contribution in [1.29, 1.82) is 0 Å². The first-order valence-corrected chi connectivity index (χ1v) is 5.56. The molecule has 2 rings (SSSR count). The fourth-order valence-electron chi connectivity index (χ4n) is 1.89. The van der Waals surface area contributed by atoms with Crippen LogP contribution in [0.2, 0.25) is 0 Å². The summed E-state index contributed by atoms with van der Waals surface area (Å²) in [5.41, 5.74) is 0.286. The van der Waals surface area contributed by atoms with Gasteiger partial charge in [0.15, 0.2) is 0 Å². The number of rotatable bonds is 2. The van der Waals surface area contributed by atoms with Gasteiger partial charge in [0.1, 0.15) is 11.6 Å². The van der Waals surface area contributed by atoms with Crippen LogP contribution in [0.5, 0.6) is 5.75 Å². The zero-order valence-corrected chi connectivity index (χ0v) is 9.70. The van der Waals surface area contributed by atoms with Gasteiger partial charge in [0.25, 0.3) is 5.91 Å². The summed E-state index contributed by atoms with van der Waals surface area (Å²) < 4.78 is 18.3. The third kappa shape index (κ3) is 2.55. The van der Waals surface area contributed by atoms with E-state index in [1.54, 1.807) is 4.90 Å². The molecule has 0 atom stereocenters. The number of nitrogens with one attached hydrogen (secondary N) is 1. The number of piperazine rings is 1. The zero-order chi connectivity index (χ0) is 12.3. The van der Waals surface area contributed by atoms with Crippen LogP contribution in [0, 0.1) is 5.82 Å². The fraction of sp³-hybridized carbons (Fsp3) is 0.417. The Labute approximate surface area is 99.4 Å². The first kappa shape index (κ1) is 11.9. The average Bonchev–Trinajstić information content (AvgIpc) is 2.39. The second-order valence-corrected chi connectivity index (χ2v) is 3.89. The molecular weight excluding hydrogens is 223 g/mol. The van der Waals surface area contributed by atoms with Crippen LogP contribution in [0.4, 0.5) is 4.39 Å². The second-order valence-electron chi connectivity index (χ2n) is 3.89. The zero-order valence-electron chi connectivity index (χ0n) is 9.70. The van der Waals surface area contributed by atoms with Gasteiger partial charge in [-0.15, -0.1) is 0 Å². The number of benzene rings is 1. The summed E-state index contributed by atoms with van der Waals surface area (Å²) in [7, 11) is 1.47. The topological polar surface area (TPSA) is 41.6 Å². The molecule has 1 amide bonds. The summed E-state index contributed by atoms with van der Waals surface area (Å²) in [6.45, 7) is 2.81. The standard InChI is InChI=1S/C12H15FN2O2/c1-17-11-3-2-9(13)8-10(11)12(16)15-6-4-14-5-7-15/h2-3,8,14H,4-7H2,1H3. The third-order valence-corrected chi connectivity index (χ3v) is 2.80. The van der Waals surface area contributed by atoms with E-state index in [1.807, 2.05) is 0 Å². The van der Waals surface area contributed by atoms with E-state index in [2.05, 4.69) is 5.32 Å². The molecule has 0 bridgehead atoms. The van der Waals surface area contributed by atoms with Gasteiger partial charge in [-0.05, 0) is 18.2 Å². The molecule has 0 aromatic heterocycles. The molecule has 1 heterocycles. The molecule has 0 spiro atoms. The van der Waals surface area contributed by atoms with Crippen molar-refractivity contribution in [2.45, 2.75) is 0 Å². The SMILES string of the molecule is COc1ccc(F)cc1C(=O)N1CCNCC1. The average molecular weight is 238 g/mol. The van der Waals surface area contributed by atoms with Crippen molar-refractivity contribution < 1.29 is 13.9 Å². The quantitative estimate of drug-likeness (QED) is 0.831. The Morgan fingerprint density at radius 1 is 1.41 bits per heavy atom. The van der Waals surface area contributed by atoms with Gasteiger partial charge in [0, 0.05) is 26.2 Å². The summed E-state index contributed by atoms with van der Waals surface area (Å²) >= 11 is 0. The van der Waals surface area contributed by atoms with E-state index in [0.29, 0.717) is 18.8 Å². The summed E-state index contributed by atoms with van der Waals surface area (Å²) in [5.74, 6) is -0.193. The molecule has 0 aliphatic carbocycles. The Kier molecular flexibility index (Phi) is 3.58. The number of amides is 1. The van der Waals surface area contributed by atoms with Gasteiger partial charge >= 0.3 is 0 Å². The minimum absolute atomic E-state index is 0.178. The first-order chi connectivity index (χ1) is 8.22. The van der Waals surface area contributed by atoms with Crippen LogP contribution in [0.25, 0.3) is 0 Å². The molecule has 1 N–H and O–H groups in total.